The number of fused-ring (bicyclic) bond motifs is 1. The highest BCUT2D eigenvalue weighted by Gasteiger charge is 2.26. The minimum atomic E-state index is 0.0209. The van der Waals surface area contributed by atoms with E-state index in [1.165, 1.54) is 0 Å². The number of pyridine rings is 1. The van der Waals surface area contributed by atoms with E-state index in [1.54, 1.807) is 7.11 Å². The molecule has 2 aromatic carbocycles. The van der Waals surface area contributed by atoms with Crippen LogP contribution in [0.2, 0.25) is 0 Å². The lowest BCUT2D eigenvalue weighted by molar-refractivity contribution is -0.134. The quantitative estimate of drug-likeness (QED) is 0.427. The fourth-order valence-electron chi connectivity index (χ4n) is 4.38. The van der Waals surface area contributed by atoms with E-state index in [2.05, 4.69) is 12.1 Å². The Labute approximate surface area is 198 Å². The average molecular weight is 457 g/mol. The number of carbonyl (C=O) groups is 1. The van der Waals surface area contributed by atoms with Gasteiger partial charge < -0.3 is 14.4 Å². The first-order chi connectivity index (χ1) is 16.6. The van der Waals surface area contributed by atoms with Gasteiger partial charge in [0.25, 0.3) is 5.91 Å². The zero-order valence-electron chi connectivity index (χ0n) is 19.5. The van der Waals surface area contributed by atoms with Gasteiger partial charge in [-0.1, -0.05) is 30.3 Å². The van der Waals surface area contributed by atoms with E-state index >= 15 is 0 Å². The maximum absolute atomic E-state index is 12.6. The molecule has 0 bridgehead atoms. The summed E-state index contributed by atoms with van der Waals surface area (Å²) in [6.07, 6.45) is 3.69. The van der Waals surface area contributed by atoms with Crippen LogP contribution in [0.5, 0.6) is 11.5 Å². The number of carbonyl (C=O) groups excluding carboxylic acids is 1. The lowest BCUT2D eigenvalue weighted by Gasteiger charge is -2.30. The zero-order chi connectivity index (χ0) is 23.5. The number of likely N-dealkylation sites (tertiary alicyclic amines) is 1. The Hall–Kier alpha value is -3.87. The molecule has 0 atom stereocenters. The first-order valence-corrected chi connectivity index (χ1v) is 11.6. The van der Waals surface area contributed by atoms with Crippen LogP contribution in [0.15, 0.2) is 66.9 Å². The van der Waals surface area contributed by atoms with Gasteiger partial charge in [0.15, 0.2) is 18.1 Å². The van der Waals surface area contributed by atoms with Crippen LogP contribution in [0.3, 0.4) is 0 Å². The number of piperidine rings is 1. The fraction of sp³-hybridized carbons (Fsp3) is 0.296. The molecular formula is C27H28N4O3. The smallest absolute Gasteiger partial charge is 0.260 e. The molecule has 7 nitrogen and oxygen atoms in total. The van der Waals surface area contributed by atoms with Gasteiger partial charge >= 0.3 is 0 Å². The van der Waals surface area contributed by atoms with Gasteiger partial charge in [0.05, 0.1) is 7.11 Å². The van der Waals surface area contributed by atoms with Crippen LogP contribution in [0.25, 0.3) is 16.8 Å². The summed E-state index contributed by atoms with van der Waals surface area (Å²) in [7, 11) is 1.67. The van der Waals surface area contributed by atoms with E-state index in [4.69, 9.17) is 19.6 Å². The number of aryl methyl sites for hydroxylation is 1. The van der Waals surface area contributed by atoms with Crippen LogP contribution in [-0.2, 0) is 4.79 Å². The molecule has 3 heterocycles. The molecule has 0 saturated carbocycles. The first-order valence-electron chi connectivity index (χ1n) is 11.6. The first kappa shape index (κ1) is 21.9. The van der Waals surface area contributed by atoms with Crippen LogP contribution in [0.1, 0.15) is 30.1 Å². The van der Waals surface area contributed by atoms with Gasteiger partial charge in [-0.2, -0.15) is 5.10 Å². The summed E-state index contributed by atoms with van der Waals surface area (Å²) in [6, 6.07) is 19.8. The second-order valence-electron chi connectivity index (χ2n) is 8.63. The van der Waals surface area contributed by atoms with E-state index in [1.807, 2.05) is 71.1 Å². The van der Waals surface area contributed by atoms with Gasteiger partial charge in [0.1, 0.15) is 11.5 Å². The predicted molar refractivity (Wildman–Crippen MR) is 130 cm³/mol. The van der Waals surface area contributed by atoms with Crippen molar-refractivity contribution < 1.29 is 14.3 Å². The normalized spacial score (nSPS) is 14.4. The van der Waals surface area contributed by atoms with Gasteiger partial charge in [0.2, 0.25) is 0 Å². The molecule has 0 unspecified atom stereocenters. The Morgan fingerprint density at radius 2 is 1.85 bits per heavy atom. The van der Waals surface area contributed by atoms with E-state index in [0.717, 1.165) is 52.5 Å². The van der Waals surface area contributed by atoms with Crippen molar-refractivity contribution in [3.63, 3.8) is 0 Å². The van der Waals surface area contributed by atoms with Crippen molar-refractivity contribution in [2.75, 3.05) is 26.8 Å². The monoisotopic (exact) mass is 456 g/mol. The molecule has 4 aromatic rings. The highest BCUT2D eigenvalue weighted by molar-refractivity contribution is 5.78. The van der Waals surface area contributed by atoms with Crippen molar-refractivity contribution in [3.8, 4) is 22.6 Å². The summed E-state index contributed by atoms with van der Waals surface area (Å²) in [5.41, 5.74) is 3.98. The summed E-state index contributed by atoms with van der Waals surface area (Å²) in [5, 5.41) is 4.77. The number of hydrogen-bond acceptors (Lipinski definition) is 5. The Kier molecular flexibility index (Phi) is 6.16. The van der Waals surface area contributed by atoms with E-state index in [0.29, 0.717) is 13.1 Å². The Morgan fingerprint density at radius 1 is 1.03 bits per heavy atom. The highest BCUT2D eigenvalue weighted by atomic mass is 16.5. The number of aromatic nitrogens is 3. The molecule has 1 aliphatic heterocycles. The minimum absolute atomic E-state index is 0.0209. The van der Waals surface area contributed by atoms with Crippen molar-refractivity contribution in [1.29, 1.82) is 0 Å². The van der Waals surface area contributed by atoms with Gasteiger partial charge in [-0.05, 0) is 61.2 Å². The molecule has 5 rings (SSSR count). The Morgan fingerprint density at radius 3 is 2.65 bits per heavy atom. The van der Waals surface area contributed by atoms with Crippen LogP contribution >= 0.6 is 0 Å². The number of para-hydroxylation sites is 1. The van der Waals surface area contributed by atoms with Gasteiger partial charge in [-0.15, -0.1) is 0 Å². The number of amides is 1. The van der Waals surface area contributed by atoms with Crippen molar-refractivity contribution in [1.82, 2.24) is 19.5 Å². The molecule has 1 fully saturated rings. The van der Waals surface area contributed by atoms with E-state index in [9.17, 15) is 4.79 Å². The number of methoxy groups -OCH3 is 1. The SMILES string of the molecule is COc1cccc(-c2ccc3nc(C4CCN(C(=O)COc5ccccc5C)CC4)nn3c2)c1. The lowest BCUT2D eigenvalue weighted by Crippen LogP contribution is -2.40. The van der Waals surface area contributed by atoms with Gasteiger partial charge in [-0.25, -0.2) is 9.50 Å². The summed E-state index contributed by atoms with van der Waals surface area (Å²) < 4.78 is 12.9. The molecule has 34 heavy (non-hydrogen) atoms. The third-order valence-corrected chi connectivity index (χ3v) is 6.41. The number of ether oxygens (including phenoxy) is 2. The maximum Gasteiger partial charge on any atom is 0.260 e. The molecule has 1 saturated heterocycles. The lowest BCUT2D eigenvalue weighted by atomic mass is 9.96. The molecule has 0 spiro atoms. The maximum atomic E-state index is 12.6. The van der Waals surface area contributed by atoms with Crippen LogP contribution in [-0.4, -0.2) is 52.2 Å². The molecule has 1 amide bonds. The van der Waals surface area contributed by atoms with Gasteiger partial charge in [0, 0.05) is 30.8 Å². The third-order valence-electron chi connectivity index (χ3n) is 6.41. The van der Waals surface area contributed by atoms with E-state index in [-0.39, 0.29) is 18.4 Å². The highest BCUT2D eigenvalue weighted by Crippen LogP contribution is 2.28. The van der Waals surface area contributed by atoms with Crippen molar-refractivity contribution in [3.05, 3.63) is 78.2 Å². The summed E-state index contributed by atoms with van der Waals surface area (Å²) in [6.45, 7) is 3.42. The summed E-state index contributed by atoms with van der Waals surface area (Å²) >= 11 is 0. The molecular weight excluding hydrogens is 428 g/mol. The largest absolute Gasteiger partial charge is 0.497 e. The second kappa shape index (κ2) is 9.55. The number of benzene rings is 2. The number of hydrogen-bond donors (Lipinski definition) is 0. The number of rotatable bonds is 6. The van der Waals surface area contributed by atoms with E-state index < -0.39 is 0 Å². The van der Waals surface area contributed by atoms with Gasteiger partial charge in [-0.3, -0.25) is 4.79 Å². The van der Waals surface area contributed by atoms with Crippen LogP contribution in [0, 0.1) is 6.92 Å². The van der Waals surface area contributed by atoms with Crippen molar-refractivity contribution >= 4 is 11.6 Å². The third kappa shape index (κ3) is 4.59. The molecule has 2 aromatic heterocycles. The molecule has 0 radical (unpaired) electrons. The molecule has 174 valence electrons. The topological polar surface area (TPSA) is 69.0 Å². The Bertz CT molecular complexity index is 1310. The fourth-order valence-corrected chi connectivity index (χ4v) is 4.38. The van der Waals surface area contributed by atoms with Crippen molar-refractivity contribution in [2.45, 2.75) is 25.7 Å². The Balaban J connectivity index is 1.22. The molecule has 7 heteroatoms. The van der Waals surface area contributed by atoms with Crippen LogP contribution < -0.4 is 9.47 Å². The summed E-state index contributed by atoms with van der Waals surface area (Å²) in [5.74, 6) is 2.68. The van der Waals surface area contributed by atoms with Crippen LogP contribution in [0.4, 0.5) is 0 Å². The average Bonchev–Trinajstić information content (AvgIpc) is 3.32. The minimum Gasteiger partial charge on any atom is -0.497 e. The van der Waals surface area contributed by atoms with Crippen molar-refractivity contribution in [2.24, 2.45) is 0 Å². The standard InChI is InChI=1S/C27H28N4O3/c1-19-6-3-4-9-24(19)34-18-26(32)30-14-12-20(13-15-30)27-28-25-11-10-22(17-31(25)29-27)21-7-5-8-23(16-21)33-2/h3-11,16-17,20H,12-15,18H2,1-2H3. The number of nitrogens with zero attached hydrogens (tertiary/aromatic N) is 4. The zero-order valence-corrected chi connectivity index (χ0v) is 19.5. The molecule has 0 N–H and O–H groups in total. The second-order valence-corrected chi connectivity index (χ2v) is 8.63. The summed E-state index contributed by atoms with van der Waals surface area (Å²) in [4.78, 5) is 19.3. The molecule has 1 aliphatic rings. The molecule has 0 aliphatic carbocycles. The predicted octanol–water partition coefficient (Wildman–Crippen LogP) is 4.50.